The van der Waals surface area contributed by atoms with Crippen molar-refractivity contribution in [2.75, 3.05) is 19.0 Å². The van der Waals surface area contributed by atoms with Gasteiger partial charge in [0.25, 0.3) is 10.0 Å². The van der Waals surface area contributed by atoms with Gasteiger partial charge in [0.1, 0.15) is 0 Å². The number of hydrogen-bond donors (Lipinski definition) is 1. The molecule has 7 heteroatoms. The minimum atomic E-state index is -3.78. The summed E-state index contributed by atoms with van der Waals surface area (Å²) in [5.74, 6) is 0.588. The highest BCUT2D eigenvalue weighted by atomic mass is 32.2. The summed E-state index contributed by atoms with van der Waals surface area (Å²) >= 11 is 0. The molecule has 1 aromatic rings. The Morgan fingerprint density at radius 1 is 1.47 bits per heavy atom. The van der Waals surface area contributed by atoms with E-state index in [1.807, 2.05) is 14.1 Å². The fraction of sp³-hybridized carbons (Fsp3) is 0.500. The number of nitrogens with two attached hydrogens (primary N) is 1. The van der Waals surface area contributed by atoms with E-state index in [0.29, 0.717) is 11.4 Å². The average molecular weight is 257 g/mol. The number of primary sulfonamides is 1. The van der Waals surface area contributed by atoms with Gasteiger partial charge in [-0.15, -0.1) is 0 Å². The standard InChI is InChI=1S/C10H15N3O3S/c1-13(2)8-5-10(17(11,14)15)12-6-9(8)16-7-3-4-7/h5-7H,3-4H2,1-2H3,(H2,11,14,15). The van der Waals surface area contributed by atoms with Gasteiger partial charge in [0, 0.05) is 20.2 Å². The molecule has 0 saturated heterocycles. The van der Waals surface area contributed by atoms with E-state index < -0.39 is 10.0 Å². The van der Waals surface area contributed by atoms with Crippen LogP contribution in [0.4, 0.5) is 5.69 Å². The molecule has 0 aromatic carbocycles. The predicted octanol–water partition coefficient (Wildman–Crippen LogP) is 0.336. The highest BCUT2D eigenvalue weighted by molar-refractivity contribution is 7.89. The number of nitrogens with zero attached hydrogens (tertiary/aromatic N) is 2. The van der Waals surface area contributed by atoms with Gasteiger partial charge in [-0.2, -0.15) is 0 Å². The molecule has 0 unspecified atom stereocenters. The van der Waals surface area contributed by atoms with Crippen LogP contribution in [0.1, 0.15) is 12.8 Å². The van der Waals surface area contributed by atoms with Gasteiger partial charge in [-0.3, -0.25) is 0 Å². The van der Waals surface area contributed by atoms with Crippen molar-refractivity contribution in [2.24, 2.45) is 5.14 Å². The lowest BCUT2D eigenvalue weighted by Gasteiger charge is -2.17. The van der Waals surface area contributed by atoms with E-state index in [2.05, 4.69) is 4.98 Å². The molecule has 1 saturated carbocycles. The molecular formula is C10H15N3O3S. The molecule has 1 aromatic heterocycles. The molecule has 0 amide bonds. The molecule has 2 N–H and O–H groups in total. The number of ether oxygens (including phenoxy) is 1. The summed E-state index contributed by atoms with van der Waals surface area (Å²) in [7, 11) is -0.167. The minimum absolute atomic E-state index is 0.149. The number of sulfonamides is 1. The zero-order valence-electron chi connectivity index (χ0n) is 9.75. The first kappa shape index (κ1) is 12.1. The van der Waals surface area contributed by atoms with Gasteiger partial charge < -0.3 is 9.64 Å². The molecule has 0 atom stereocenters. The van der Waals surface area contributed by atoms with Gasteiger partial charge in [0.15, 0.2) is 10.8 Å². The Morgan fingerprint density at radius 3 is 2.59 bits per heavy atom. The maximum atomic E-state index is 11.2. The first-order chi connectivity index (χ1) is 7.88. The second-order valence-electron chi connectivity index (χ2n) is 4.25. The van der Waals surface area contributed by atoms with E-state index in [4.69, 9.17) is 9.88 Å². The van der Waals surface area contributed by atoms with Crippen molar-refractivity contribution >= 4 is 15.7 Å². The van der Waals surface area contributed by atoms with Crippen molar-refractivity contribution in [3.8, 4) is 5.75 Å². The molecule has 1 heterocycles. The Labute approximate surface area is 100 Å². The van der Waals surface area contributed by atoms with Crippen LogP contribution in [-0.4, -0.2) is 33.6 Å². The number of pyridine rings is 1. The lowest BCUT2D eigenvalue weighted by atomic mass is 10.3. The van der Waals surface area contributed by atoms with Gasteiger partial charge in [0.2, 0.25) is 0 Å². The SMILES string of the molecule is CN(C)c1cc(S(N)(=O)=O)ncc1OC1CC1. The van der Waals surface area contributed by atoms with E-state index in [1.165, 1.54) is 12.3 Å². The topological polar surface area (TPSA) is 85.5 Å². The smallest absolute Gasteiger partial charge is 0.255 e. The zero-order valence-corrected chi connectivity index (χ0v) is 10.6. The van der Waals surface area contributed by atoms with Crippen LogP contribution in [0.2, 0.25) is 0 Å². The Balaban J connectivity index is 2.40. The third kappa shape index (κ3) is 2.86. The van der Waals surface area contributed by atoms with Crippen LogP contribution >= 0.6 is 0 Å². The fourth-order valence-electron chi connectivity index (χ4n) is 1.38. The van der Waals surface area contributed by atoms with Crippen molar-refractivity contribution in [3.63, 3.8) is 0 Å². The van der Waals surface area contributed by atoms with Crippen LogP contribution in [0.5, 0.6) is 5.75 Å². The van der Waals surface area contributed by atoms with Gasteiger partial charge >= 0.3 is 0 Å². The van der Waals surface area contributed by atoms with Crippen LogP contribution in [0, 0.1) is 0 Å². The van der Waals surface area contributed by atoms with Crippen molar-refractivity contribution in [2.45, 2.75) is 24.0 Å². The highest BCUT2D eigenvalue weighted by Crippen LogP contribution is 2.33. The fourth-order valence-corrected chi connectivity index (χ4v) is 1.85. The van der Waals surface area contributed by atoms with Gasteiger partial charge in [-0.1, -0.05) is 0 Å². The molecule has 6 nitrogen and oxygen atoms in total. The quantitative estimate of drug-likeness (QED) is 0.840. The molecule has 2 rings (SSSR count). The lowest BCUT2D eigenvalue weighted by molar-refractivity contribution is 0.302. The summed E-state index contributed by atoms with van der Waals surface area (Å²) in [5, 5.41) is 4.89. The second kappa shape index (κ2) is 4.15. The number of anilines is 1. The normalized spacial score (nSPS) is 15.7. The van der Waals surface area contributed by atoms with E-state index in [1.54, 1.807) is 4.90 Å². The zero-order chi connectivity index (χ0) is 12.6. The lowest BCUT2D eigenvalue weighted by Crippen LogP contribution is -2.17. The largest absolute Gasteiger partial charge is 0.487 e. The Kier molecular flexibility index (Phi) is 2.96. The summed E-state index contributed by atoms with van der Waals surface area (Å²) in [6, 6.07) is 1.42. The molecular weight excluding hydrogens is 242 g/mol. The molecule has 1 aliphatic rings. The monoisotopic (exact) mass is 257 g/mol. The van der Waals surface area contributed by atoms with Crippen LogP contribution in [0.25, 0.3) is 0 Å². The van der Waals surface area contributed by atoms with E-state index in [9.17, 15) is 8.42 Å². The summed E-state index contributed by atoms with van der Waals surface area (Å²) in [6.45, 7) is 0. The van der Waals surface area contributed by atoms with Crippen molar-refractivity contribution < 1.29 is 13.2 Å². The van der Waals surface area contributed by atoms with Crippen LogP contribution in [0.3, 0.4) is 0 Å². The summed E-state index contributed by atoms with van der Waals surface area (Å²) < 4.78 is 28.1. The molecule has 1 fully saturated rings. The van der Waals surface area contributed by atoms with E-state index >= 15 is 0 Å². The van der Waals surface area contributed by atoms with Gasteiger partial charge in [0.05, 0.1) is 18.0 Å². The molecule has 0 radical (unpaired) electrons. The third-order valence-electron chi connectivity index (χ3n) is 2.41. The Hall–Kier alpha value is -1.34. The highest BCUT2D eigenvalue weighted by Gasteiger charge is 2.25. The molecule has 0 bridgehead atoms. The van der Waals surface area contributed by atoms with Crippen LogP contribution in [-0.2, 0) is 10.0 Å². The summed E-state index contributed by atoms with van der Waals surface area (Å²) in [5.41, 5.74) is 0.663. The number of rotatable bonds is 4. The van der Waals surface area contributed by atoms with Crippen molar-refractivity contribution in [1.29, 1.82) is 0 Å². The maximum absolute atomic E-state index is 11.2. The first-order valence-electron chi connectivity index (χ1n) is 5.25. The van der Waals surface area contributed by atoms with E-state index in [0.717, 1.165) is 12.8 Å². The third-order valence-corrected chi connectivity index (χ3v) is 3.22. The molecule has 1 aliphatic carbocycles. The average Bonchev–Trinajstić information content (AvgIpc) is 3.00. The number of hydrogen-bond acceptors (Lipinski definition) is 5. The van der Waals surface area contributed by atoms with Gasteiger partial charge in [-0.05, 0) is 12.8 Å². The Bertz CT molecular complexity index is 524. The van der Waals surface area contributed by atoms with Crippen LogP contribution in [0.15, 0.2) is 17.3 Å². The van der Waals surface area contributed by atoms with Crippen LogP contribution < -0.4 is 14.8 Å². The van der Waals surface area contributed by atoms with Crippen molar-refractivity contribution in [3.05, 3.63) is 12.3 Å². The maximum Gasteiger partial charge on any atom is 0.255 e. The molecule has 0 aliphatic heterocycles. The second-order valence-corrected chi connectivity index (χ2v) is 5.76. The van der Waals surface area contributed by atoms with E-state index in [-0.39, 0.29) is 11.1 Å². The Morgan fingerprint density at radius 2 is 2.12 bits per heavy atom. The molecule has 94 valence electrons. The number of aromatic nitrogens is 1. The summed E-state index contributed by atoms with van der Waals surface area (Å²) in [6.07, 6.45) is 3.71. The minimum Gasteiger partial charge on any atom is -0.487 e. The van der Waals surface area contributed by atoms with Gasteiger partial charge in [-0.25, -0.2) is 18.5 Å². The summed E-state index contributed by atoms with van der Waals surface area (Å²) in [4.78, 5) is 5.58. The molecule has 0 spiro atoms. The predicted molar refractivity (Wildman–Crippen MR) is 63.6 cm³/mol. The van der Waals surface area contributed by atoms with Crippen molar-refractivity contribution in [1.82, 2.24) is 4.98 Å². The molecule has 17 heavy (non-hydrogen) atoms. The first-order valence-corrected chi connectivity index (χ1v) is 6.79.